The number of thiophene rings is 1. The summed E-state index contributed by atoms with van der Waals surface area (Å²) in [5.74, 6) is 0.642. The molecule has 136 valence electrons. The number of rotatable bonds is 8. The lowest BCUT2D eigenvalue weighted by Crippen LogP contribution is -2.29. The maximum absolute atomic E-state index is 12.2. The van der Waals surface area contributed by atoms with Crippen molar-refractivity contribution in [1.29, 1.82) is 0 Å². The Balaban J connectivity index is 1.41. The Morgan fingerprint density at radius 1 is 1.44 bits per heavy atom. The Morgan fingerprint density at radius 3 is 3.04 bits per heavy atom. The number of ether oxygens (including phenoxy) is 1. The van der Waals surface area contributed by atoms with E-state index in [2.05, 4.69) is 15.5 Å². The zero-order valence-electron chi connectivity index (χ0n) is 14.2. The largest absolute Gasteiger partial charge is 0.378 e. The first-order valence-corrected chi connectivity index (χ1v) is 10.1. The van der Waals surface area contributed by atoms with E-state index in [0.29, 0.717) is 29.9 Å². The van der Waals surface area contributed by atoms with E-state index in [0.717, 1.165) is 11.3 Å². The van der Waals surface area contributed by atoms with Gasteiger partial charge < -0.3 is 10.1 Å². The highest BCUT2D eigenvalue weighted by Crippen LogP contribution is 2.22. The lowest BCUT2D eigenvalue weighted by Gasteiger charge is -2.21. The molecule has 0 bridgehead atoms. The van der Waals surface area contributed by atoms with Crippen LogP contribution in [0.3, 0.4) is 0 Å². The molecule has 25 heavy (non-hydrogen) atoms. The normalized spacial score (nSPS) is 15.4. The van der Waals surface area contributed by atoms with Gasteiger partial charge in [0.05, 0.1) is 11.0 Å². The molecule has 1 fully saturated rings. The maximum atomic E-state index is 12.2. The molecule has 2 N–H and O–H groups in total. The quantitative estimate of drug-likeness (QED) is 0.543. The van der Waals surface area contributed by atoms with Gasteiger partial charge in [-0.25, -0.2) is 0 Å². The van der Waals surface area contributed by atoms with Crippen LogP contribution in [0.5, 0.6) is 0 Å². The first kappa shape index (κ1) is 18.3. The molecular formula is C17H24N4O2S2. The molecule has 1 amide bonds. The number of nitrogens with zero attached hydrogens (tertiary/aromatic N) is 2. The fourth-order valence-electron chi connectivity index (χ4n) is 3.04. The van der Waals surface area contributed by atoms with E-state index in [1.54, 1.807) is 15.9 Å². The molecule has 3 rings (SSSR count). The van der Waals surface area contributed by atoms with Gasteiger partial charge in [0.1, 0.15) is 6.54 Å². The summed E-state index contributed by atoms with van der Waals surface area (Å²) < 4.78 is 8.06. The van der Waals surface area contributed by atoms with E-state index in [1.165, 1.54) is 32.1 Å². The zero-order chi connectivity index (χ0) is 17.5. The van der Waals surface area contributed by atoms with Crippen molar-refractivity contribution < 1.29 is 9.53 Å². The van der Waals surface area contributed by atoms with Crippen molar-refractivity contribution in [2.75, 3.05) is 13.2 Å². The number of carbonyl (C=O) groups excluding carboxylic acids is 1. The summed E-state index contributed by atoms with van der Waals surface area (Å²) in [6, 6.07) is 3.92. The molecule has 0 spiro atoms. The highest BCUT2D eigenvalue weighted by molar-refractivity contribution is 7.71. The summed E-state index contributed by atoms with van der Waals surface area (Å²) in [6.07, 6.45) is 7.49. The first-order chi connectivity index (χ1) is 12.2. The van der Waals surface area contributed by atoms with Crippen LogP contribution in [0, 0.1) is 4.77 Å². The fourth-order valence-corrected chi connectivity index (χ4v) is 3.96. The second-order valence-electron chi connectivity index (χ2n) is 6.25. The van der Waals surface area contributed by atoms with Crippen LogP contribution in [-0.4, -0.2) is 39.9 Å². The molecular weight excluding hydrogens is 356 g/mol. The lowest BCUT2D eigenvalue weighted by atomic mass is 9.98. The lowest BCUT2D eigenvalue weighted by molar-refractivity contribution is -0.121. The highest BCUT2D eigenvalue weighted by Gasteiger charge is 2.14. The van der Waals surface area contributed by atoms with Crippen molar-refractivity contribution in [3.8, 4) is 10.7 Å². The van der Waals surface area contributed by atoms with Gasteiger partial charge in [0, 0.05) is 13.2 Å². The predicted molar refractivity (Wildman–Crippen MR) is 101 cm³/mol. The van der Waals surface area contributed by atoms with Crippen LogP contribution in [0.25, 0.3) is 10.7 Å². The Bertz CT molecular complexity index is 717. The molecule has 8 heteroatoms. The van der Waals surface area contributed by atoms with Gasteiger partial charge in [0.15, 0.2) is 10.6 Å². The van der Waals surface area contributed by atoms with Gasteiger partial charge in [-0.15, -0.1) is 11.3 Å². The van der Waals surface area contributed by atoms with Crippen LogP contribution in [-0.2, 0) is 16.1 Å². The van der Waals surface area contributed by atoms with Gasteiger partial charge in [-0.3, -0.25) is 14.5 Å². The Kier molecular flexibility index (Phi) is 6.77. The average molecular weight is 381 g/mol. The highest BCUT2D eigenvalue weighted by atomic mass is 32.1. The average Bonchev–Trinajstić information content (AvgIpc) is 3.26. The number of aromatic nitrogens is 3. The molecule has 0 atom stereocenters. The summed E-state index contributed by atoms with van der Waals surface area (Å²) in [4.78, 5) is 13.2. The maximum Gasteiger partial charge on any atom is 0.240 e. The van der Waals surface area contributed by atoms with Crippen LogP contribution >= 0.6 is 23.6 Å². The van der Waals surface area contributed by atoms with E-state index in [9.17, 15) is 4.79 Å². The number of amides is 1. The molecule has 0 aromatic carbocycles. The molecule has 1 aliphatic rings. The number of hydrogen-bond donors (Lipinski definition) is 2. The van der Waals surface area contributed by atoms with Crippen molar-refractivity contribution in [2.45, 2.75) is 51.2 Å². The van der Waals surface area contributed by atoms with Crippen molar-refractivity contribution in [2.24, 2.45) is 0 Å². The smallest absolute Gasteiger partial charge is 0.240 e. The Labute approximate surface area is 156 Å². The van der Waals surface area contributed by atoms with Crippen molar-refractivity contribution in [1.82, 2.24) is 20.1 Å². The second kappa shape index (κ2) is 9.26. The van der Waals surface area contributed by atoms with Crippen molar-refractivity contribution >= 4 is 29.5 Å². The fraction of sp³-hybridized carbons (Fsp3) is 0.588. The number of hydrogen-bond acceptors (Lipinski definition) is 5. The third-order valence-corrected chi connectivity index (χ3v) is 5.53. The van der Waals surface area contributed by atoms with Gasteiger partial charge in [-0.2, -0.15) is 5.10 Å². The van der Waals surface area contributed by atoms with E-state index < -0.39 is 0 Å². The van der Waals surface area contributed by atoms with E-state index in [-0.39, 0.29) is 12.5 Å². The number of carbonyl (C=O) groups is 1. The first-order valence-electron chi connectivity index (χ1n) is 8.81. The van der Waals surface area contributed by atoms with Crippen molar-refractivity contribution in [3.63, 3.8) is 0 Å². The molecule has 0 radical (unpaired) electrons. The summed E-state index contributed by atoms with van der Waals surface area (Å²) in [5, 5.41) is 11.9. The van der Waals surface area contributed by atoms with Crippen LogP contribution < -0.4 is 5.32 Å². The van der Waals surface area contributed by atoms with Gasteiger partial charge in [0.2, 0.25) is 5.91 Å². The number of aromatic amines is 1. The van der Waals surface area contributed by atoms with Crippen LogP contribution in [0.4, 0.5) is 0 Å². The molecule has 2 aromatic rings. The SMILES string of the molecule is O=C(Cn1c(-c2cccs2)n[nH]c1=S)NCCCOC1CCCCC1. The number of nitrogens with one attached hydrogen (secondary N) is 2. The minimum atomic E-state index is -0.0621. The minimum absolute atomic E-state index is 0.0621. The number of H-pyrrole nitrogens is 1. The summed E-state index contributed by atoms with van der Waals surface area (Å²) in [5.41, 5.74) is 0. The minimum Gasteiger partial charge on any atom is -0.378 e. The molecule has 0 aliphatic heterocycles. The van der Waals surface area contributed by atoms with E-state index >= 15 is 0 Å². The molecule has 2 heterocycles. The molecule has 6 nitrogen and oxygen atoms in total. The zero-order valence-corrected chi connectivity index (χ0v) is 15.8. The molecule has 0 unspecified atom stereocenters. The molecule has 0 saturated heterocycles. The summed E-state index contributed by atoms with van der Waals surface area (Å²) in [6.45, 7) is 1.49. The standard InChI is InChI=1S/C17H24N4O2S2/c22-15(18-9-5-10-23-13-6-2-1-3-7-13)12-21-16(19-20-17(21)24)14-8-4-11-25-14/h4,8,11,13H,1-3,5-7,9-10,12H2,(H,18,22)(H,20,24). The van der Waals surface area contributed by atoms with Crippen LogP contribution in [0.15, 0.2) is 17.5 Å². The Hall–Kier alpha value is -1.51. The van der Waals surface area contributed by atoms with Crippen LogP contribution in [0.2, 0.25) is 0 Å². The van der Waals surface area contributed by atoms with Gasteiger partial charge >= 0.3 is 0 Å². The predicted octanol–water partition coefficient (Wildman–Crippen LogP) is 3.52. The van der Waals surface area contributed by atoms with Gasteiger partial charge in [0.25, 0.3) is 0 Å². The third-order valence-electron chi connectivity index (χ3n) is 4.35. The monoisotopic (exact) mass is 380 g/mol. The van der Waals surface area contributed by atoms with E-state index in [1.807, 2.05) is 17.5 Å². The van der Waals surface area contributed by atoms with Gasteiger partial charge in [-0.05, 0) is 42.9 Å². The third kappa shape index (κ3) is 5.23. The molecule has 1 saturated carbocycles. The summed E-state index contributed by atoms with van der Waals surface area (Å²) in [7, 11) is 0. The van der Waals surface area contributed by atoms with Gasteiger partial charge in [-0.1, -0.05) is 25.3 Å². The summed E-state index contributed by atoms with van der Waals surface area (Å²) >= 11 is 6.81. The van der Waals surface area contributed by atoms with Crippen LogP contribution in [0.1, 0.15) is 38.5 Å². The second-order valence-corrected chi connectivity index (χ2v) is 7.58. The molecule has 2 aromatic heterocycles. The Morgan fingerprint density at radius 2 is 2.28 bits per heavy atom. The van der Waals surface area contributed by atoms with E-state index in [4.69, 9.17) is 17.0 Å². The van der Waals surface area contributed by atoms with Crippen molar-refractivity contribution in [3.05, 3.63) is 22.3 Å². The molecule has 1 aliphatic carbocycles. The topological polar surface area (TPSA) is 71.9 Å².